The minimum absolute atomic E-state index is 0.0435. The van der Waals surface area contributed by atoms with E-state index in [1.54, 1.807) is 43.5 Å². The lowest BCUT2D eigenvalue weighted by atomic mass is 10.1. The lowest BCUT2D eigenvalue weighted by Crippen LogP contribution is -2.25. The third kappa shape index (κ3) is 7.46. The van der Waals surface area contributed by atoms with Gasteiger partial charge in [-0.05, 0) is 56.1 Å². The van der Waals surface area contributed by atoms with Crippen LogP contribution in [0.3, 0.4) is 0 Å². The SMILES string of the molecule is CN(C)C(=O)c1cc2cnc(Nc3ccc(C(=O)NCCCCCCCN=C=S)cn3)nc2n1C1CCCC1. The van der Waals surface area contributed by atoms with E-state index < -0.39 is 0 Å². The number of aromatic nitrogens is 4. The molecule has 10 nitrogen and oxygen atoms in total. The molecule has 0 unspecified atom stereocenters. The number of carbonyl (C=O) groups excluding carboxylic acids is 2. The summed E-state index contributed by atoms with van der Waals surface area (Å²) in [4.78, 5) is 44.5. The van der Waals surface area contributed by atoms with E-state index >= 15 is 0 Å². The number of anilines is 2. The van der Waals surface area contributed by atoms with Gasteiger partial charge in [-0.25, -0.2) is 15.0 Å². The zero-order valence-electron chi connectivity index (χ0n) is 22.7. The van der Waals surface area contributed by atoms with Gasteiger partial charge in [0.1, 0.15) is 17.2 Å². The van der Waals surface area contributed by atoms with Crippen molar-refractivity contribution in [2.24, 2.45) is 4.99 Å². The molecule has 11 heteroatoms. The van der Waals surface area contributed by atoms with Crippen LogP contribution in [-0.2, 0) is 0 Å². The number of nitrogens with one attached hydrogen (secondary N) is 2. The number of hydrogen-bond donors (Lipinski definition) is 2. The first-order valence-corrected chi connectivity index (χ1v) is 14.0. The van der Waals surface area contributed by atoms with E-state index in [-0.39, 0.29) is 17.9 Å². The van der Waals surface area contributed by atoms with E-state index in [1.807, 2.05) is 6.07 Å². The second-order valence-corrected chi connectivity index (χ2v) is 10.2. The van der Waals surface area contributed by atoms with Gasteiger partial charge < -0.3 is 20.1 Å². The molecule has 1 aliphatic rings. The van der Waals surface area contributed by atoms with Gasteiger partial charge in [0, 0.05) is 51.0 Å². The highest BCUT2D eigenvalue weighted by molar-refractivity contribution is 7.78. The molecular weight excluding hydrogens is 512 g/mol. The van der Waals surface area contributed by atoms with Gasteiger partial charge in [-0.1, -0.05) is 32.1 Å². The maximum absolute atomic E-state index is 12.9. The number of amides is 2. The minimum atomic E-state index is -0.144. The number of pyridine rings is 1. The number of fused-ring (bicyclic) bond motifs is 1. The molecule has 3 aromatic heterocycles. The van der Waals surface area contributed by atoms with Crippen LogP contribution in [0.5, 0.6) is 0 Å². The predicted octanol–water partition coefficient (Wildman–Crippen LogP) is 5.17. The van der Waals surface area contributed by atoms with Gasteiger partial charge in [-0.3, -0.25) is 9.59 Å². The number of carbonyl (C=O) groups is 2. The Kier molecular flexibility index (Phi) is 10.1. The van der Waals surface area contributed by atoms with Gasteiger partial charge in [0.05, 0.1) is 10.7 Å². The third-order valence-corrected chi connectivity index (χ3v) is 7.08. The fourth-order valence-electron chi connectivity index (χ4n) is 4.91. The summed E-state index contributed by atoms with van der Waals surface area (Å²) in [5.41, 5.74) is 1.87. The monoisotopic (exact) mass is 548 g/mol. The van der Waals surface area contributed by atoms with Crippen LogP contribution < -0.4 is 10.6 Å². The van der Waals surface area contributed by atoms with Gasteiger partial charge in [-0.15, -0.1) is 0 Å². The van der Waals surface area contributed by atoms with Crippen molar-refractivity contribution < 1.29 is 9.59 Å². The van der Waals surface area contributed by atoms with Crippen LogP contribution in [0, 0.1) is 0 Å². The van der Waals surface area contributed by atoms with Crippen molar-refractivity contribution in [2.75, 3.05) is 32.5 Å². The number of thiocarbonyl (C=S) groups is 1. The first-order chi connectivity index (χ1) is 19.0. The quantitative estimate of drug-likeness (QED) is 0.172. The Morgan fingerprint density at radius 3 is 2.59 bits per heavy atom. The molecule has 39 heavy (non-hydrogen) atoms. The van der Waals surface area contributed by atoms with Gasteiger partial charge in [0.15, 0.2) is 0 Å². The zero-order valence-corrected chi connectivity index (χ0v) is 23.5. The van der Waals surface area contributed by atoms with E-state index in [4.69, 9.17) is 4.98 Å². The molecular formula is C28H36N8O2S. The van der Waals surface area contributed by atoms with E-state index in [2.05, 4.69) is 47.5 Å². The number of rotatable bonds is 13. The van der Waals surface area contributed by atoms with Crippen molar-refractivity contribution in [1.29, 1.82) is 0 Å². The predicted molar refractivity (Wildman–Crippen MR) is 156 cm³/mol. The fraction of sp³-hybridized carbons (Fsp3) is 0.500. The highest BCUT2D eigenvalue weighted by Gasteiger charge is 2.26. The van der Waals surface area contributed by atoms with Crippen molar-refractivity contribution in [2.45, 2.75) is 63.8 Å². The molecule has 0 radical (unpaired) electrons. The molecule has 0 atom stereocenters. The Labute approximate surface area is 234 Å². The maximum atomic E-state index is 12.9. The van der Waals surface area contributed by atoms with Crippen LogP contribution in [0.1, 0.15) is 84.7 Å². The zero-order chi connectivity index (χ0) is 27.6. The summed E-state index contributed by atoms with van der Waals surface area (Å²) < 4.78 is 2.08. The average molecular weight is 549 g/mol. The van der Waals surface area contributed by atoms with Crippen molar-refractivity contribution in [3.63, 3.8) is 0 Å². The van der Waals surface area contributed by atoms with E-state index in [0.29, 0.717) is 29.6 Å². The molecule has 1 aliphatic carbocycles. The molecule has 0 bridgehead atoms. The van der Waals surface area contributed by atoms with Crippen LogP contribution >= 0.6 is 12.2 Å². The average Bonchev–Trinajstić information content (AvgIpc) is 3.59. The summed E-state index contributed by atoms with van der Waals surface area (Å²) >= 11 is 4.56. The number of hydrogen-bond acceptors (Lipinski definition) is 8. The molecule has 3 aromatic rings. The number of aliphatic imine (C=N–C) groups is 1. The molecule has 2 amide bonds. The Morgan fingerprint density at radius 2 is 1.87 bits per heavy atom. The maximum Gasteiger partial charge on any atom is 0.270 e. The van der Waals surface area contributed by atoms with Crippen LogP contribution in [0.2, 0.25) is 0 Å². The molecule has 0 spiro atoms. The van der Waals surface area contributed by atoms with Gasteiger partial charge in [-0.2, -0.15) is 4.98 Å². The van der Waals surface area contributed by atoms with Crippen LogP contribution in [-0.4, -0.2) is 68.6 Å². The molecule has 2 N–H and O–H groups in total. The summed E-state index contributed by atoms with van der Waals surface area (Å²) in [7, 11) is 3.52. The molecule has 0 aromatic carbocycles. The molecule has 1 fully saturated rings. The van der Waals surface area contributed by atoms with E-state index in [9.17, 15) is 9.59 Å². The van der Waals surface area contributed by atoms with Gasteiger partial charge >= 0.3 is 0 Å². The van der Waals surface area contributed by atoms with E-state index in [1.165, 1.54) is 0 Å². The normalized spacial score (nSPS) is 13.3. The standard InChI is InChI=1S/C28H36N8O2S/c1-35(2)27(38)23-16-21-18-32-28(34-25(21)36(23)22-10-6-7-11-22)33-24-13-12-20(17-31-24)26(37)30-15-9-5-3-4-8-14-29-19-39/h12-13,16-18,22H,3-11,14-15H2,1-2H3,(H,30,37)(H,31,32,33,34). The smallest absolute Gasteiger partial charge is 0.270 e. The van der Waals surface area contributed by atoms with Crippen LogP contribution in [0.25, 0.3) is 11.0 Å². The van der Waals surface area contributed by atoms with E-state index in [0.717, 1.165) is 75.4 Å². The second-order valence-electron chi connectivity index (χ2n) is 10.1. The summed E-state index contributed by atoms with van der Waals surface area (Å²) in [6, 6.07) is 5.59. The van der Waals surface area contributed by atoms with Crippen LogP contribution in [0.4, 0.5) is 11.8 Å². The molecule has 0 saturated heterocycles. The van der Waals surface area contributed by atoms with Crippen LogP contribution in [0.15, 0.2) is 35.6 Å². The molecule has 3 heterocycles. The number of nitrogens with zero attached hydrogens (tertiary/aromatic N) is 6. The molecule has 4 rings (SSSR count). The lowest BCUT2D eigenvalue weighted by molar-refractivity contribution is 0.0815. The lowest BCUT2D eigenvalue weighted by Gasteiger charge is -2.19. The summed E-state index contributed by atoms with van der Waals surface area (Å²) in [6.45, 7) is 1.37. The first kappa shape index (κ1) is 28.3. The highest BCUT2D eigenvalue weighted by Crippen LogP contribution is 2.34. The molecule has 206 valence electrons. The largest absolute Gasteiger partial charge is 0.352 e. The second kappa shape index (κ2) is 13.9. The first-order valence-electron chi connectivity index (χ1n) is 13.6. The summed E-state index contributed by atoms with van der Waals surface area (Å²) in [5.74, 6) is 0.738. The fourth-order valence-corrected chi connectivity index (χ4v) is 5.00. The molecule has 0 aliphatic heterocycles. The Hall–Kier alpha value is -3.69. The Balaban J connectivity index is 1.35. The topological polar surface area (TPSA) is 117 Å². The third-order valence-electron chi connectivity index (χ3n) is 6.95. The molecule has 1 saturated carbocycles. The Morgan fingerprint density at radius 1 is 1.10 bits per heavy atom. The van der Waals surface area contributed by atoms with Crippen molar-refractivity contribution in [1.82, 2.24) is 29.7 Å². The highest BCUT2D eigenvalue weighted by atomic mass is 32.1. The number of isothiocyanates is 1. The summed E-state index contributed by atoms with van der Waals surface area (Å²) in [5, 5.41) is 9.30. The van der Waals surface area contributed by atoms with Crippen molar-refractivity contribution >= 4 is 52.0 Å². The number of unbranched alkanes of at least 4 members (excludes halogenated alkanes) is 4. The van der Waals surface area contributed by atoms with Gasteiger partial charge in [0.2, 0.25) is 5.95 Å². The van der Waals surface area contributed by atoms with Crippen molar-refractivity contribution in [3.8, 4) is 0 Å². The van der Waals surface area contributed by atoms with Gasteiger partial charge in [0.25, 0.3) is 11.8 Å². The van der Waals surface area contributed by atoms with Crippen molar-refractivity contribution in [3.05, 3.63) is 41.9 Å². The minimum Gasteiger partial charge on any atom is -0.352 e. The Bertz CT molecular complexity index is 1330. The summed E-state index contributed by atoms with van der Waals surface area (Å²) in [6.07, 6.45) is 12.8.